The van der Waals surface area contributed by atoms with Crippen LogP contribution in [0.25, 0.3) is 0 Å². The molecule has 2 aromatic rings. The second kappa shape index (κ2) is 6.99. The number of rotatable bonds is 6. The molecule has 0 aliphatic heterocycles. The van der Waals surface area contributed by atoms with Gasteiger partial charge in [0.15, 0.2) is 0 Å². The molecule has 0 saturated heterocycles. The molecule has 0 fully saturated rings. The SMILES string of the molecule is COc1ccc(CCOc2ccc(C(C)C)cc2)cc1. The average molecular weight is 270 g/mol. The van der Waals surface area contributed by atoms with Gasteiger partial charge in [-0.15, -0.1) is 0 Å². The van der Waals surface area contributed by atoms with Crippen molar-refractivity contribution in [2.45, 2.75) is 26.2 Å². The highest BCUT2D eigenvalue weighted by molar-refractivity contribution is 5.29. The Hall–Kier alpha value is -1.96. The van der Waals surface area contributed by atoms with Gasteiger partial charge in [0.25, 0.3) is 0 Å². The van der Waals surface area contributed by atoms with Crippen LogP contribution in [0.1, 0.15) is 30.9 Å². The Bertz CT molecular complexity index is 512. The Labute approximate surface area is 121 Å². The van der Waals surface area contributed by atoms with Gasteiger partial charge in [-0.2, -0.15) is 0 Å². The van der Waals surface area contributed by atoms with Gasteiger partial charge in [0.1, 0.15) is 11.5 Å². The Kier molecular flexibility index (Phi) is 5.05. The largest absolute Gasteiger partial charge is 0.497 e. The van der Waals surface area contributed by atoms with E-state index in [2.05, 4.69) is 38.1 Å². The third kappa shape index (κ3) is 4.02. The smallest absolute Gasteiger partial charge is 0.119 e. The van der Waals surface area contributed by atoms with Gasteiger partial charge in [0.05, 0.1) is 13.7 Å². The summed E-state index contributed by atoms with van der Waals surface area (Å²) in [7, 11) is 1.68. The molecular formula is C18H22O2. The topological polar surface area (TPSA) is 18.5 Å². The molecule has 0 bridgehead atoms. The first-order valence-corrected chi connectivity index (χ1v) is 7.04. The van der Waals surface area contributed by atoms with Crippen molar-refractivity contribution in [1.82, 2.24) is 0 Å². The highest BCUT2D eigenvalue weighted by Crippen LogP contribution is 2.19. The summed E-state index contributed by atoms with van der Waals surface area (Å²) in [4.78, 5) is 0. The van der Waals surface area contributed by atoms with E-state index in [1.807, 2.05) is 24.3 Å². The molecular weight excluding hydrogens is 248 g/mol. The van der Waals surface area contributed by atoms with Crippen LogP contribution in [0.4, 0.5) is 0 Å². The van der Waals surface area contributed by atoms with Crippen molar-refractivity contribution in [1.29, 1.82) is 0 Å². The Morgan fingerprint density at radius 1 is 0.850 bits per heavy atom. The fraction of sp³-hybridized carbons (Fsp3) is 0.333. The standard InChI is InChI=1S/C18H22O2/c1-14(2)16-6-10-18(11-7-16)20-13-12-15-4-8-17(19-3)9-5-15/h4-11,14H,12-13H2,1-3H3. The van der Waals surface area contributed by atoms with E-state index in [1.165, 1.54) is 11.1 Å². The van der Waals surface area contributed by atoms with Crippen LogP contribution in [0.2, 0.25) is 0 Å². The molecule has 0 saturated carbocycles. The van der Waals surface area contributed by atoms with Gasteiger partial charge in [-0.1, -0.05) is 38.1 Å². The van der Waals surface area contributed by atoms with Crippen LogP contribution in [-0.2, 0) is 6.42 Å². The van der Waals surface area contributed by atoms with Crippen molar-refractivity contribution in [2.75, 3.05) is 13.7 Å². The van der Waals surface area contributed by atoms with Crippen molar-refractivity contribution in [2.24, 2.45) is 0 Å². The molecule has 2 nitrogen and oxygen atoms in total. The fourth-order valence-electron chi connectivity index (χ4n) is 2.03. The van der Waals surface area contributed by atoms with Gasteiger partial charge in [-0.25, -0.2) is 0 Å². The third-order valence-corrected chi connectivity index (χ3v) is 3.37. The summed E-state index contributed by atoms with van der Waals surface area (Å²) in [5.41, 5.74) is 2.59. The zero-order valence-corrected chi connectivity index (χ0v) is 12.4. The van der Waals surface area contributed by atoms with E-state index >= 15 is 0 Å². The molecule has 106 valence electrons. The summed E-state index contributed by atoms with van der Waals surface area (Å²) in [6.45, 7) is 5.08. The van der Waals surface area contributed by atoms with Crippen LogP contribution < -0.4 is 9.47 Å². The van der Waals surface area contributed by atoms with E-state index in [9.17, 15) is 0 Å². The first-order chi connectivity index (χ1) is 9.69. The number of hydrogen-bond acceptors (Lipinski definition) is 2. The third-order valence-electron chi connectivity index (χ3n) is 3.37. The summed E-state index contributed by atoms with van der Waals surface area (Å²) in [6.07, 6.45) is 0.899. The Balaban J connectivity index is 1.82. The van der Waals surface area contributed by atoms with Gasteiger partial charge in [0, 0.05) is 6.42 Å². The molecule has 0 N–H and O–H groups in total. The van der Waals surface area contributed by atoms with E-state index in [0.29, 0.717) is 12.5 Å². The molecule has 0 aliphatic carbocycles. The second-order valence-electron chi connectivity index (χ2n) is 5.17. The number of benzene rings is 2. The molecule has 0 atom stereocenters. The normalized spacial score (nSPS) is 10.6. The van der Waals surface area contributed by atoms with E-state index < -0.39 is 0 Å². The summed E-state index contributed by atoms with van der Waals surface area (Å²) in [5.74, 6) is 2.38. The molecule has 0 aliphatic rings. The minimum atomic E-state index is 0.559. The highest BCUT2D eigenvalue weighted by Gasteiger charge is 2.00. The van der Waals surface area contributed by atoms with E-state index in [1.54, 1.807) is 7.11 Å². The maximum atomic E-state index is 5.77. The first kappa shape index (κ1) is 14.4. The summed E-state index contributed by atoms with van der Waals surface area (Å²) in [6, 6.07) is 16.5. The quantitative estimate of drug-likeness (QED) is 0.772. The first-order valence-electron chi connectivity index (χ1n) is 7.04. The molecule has 0 aromatic heterocycles. The van der Waals surface area contributed by atoms with Crippen molar-refractivity contribution >= 4 is 0 Å². The lowest BCUT2D eigenvalue weighted by Crippen LogP contribution is -2.01. The molecule has 0 radical (unpaired) electrons. The molecule has 2 aromatic carbocycles. The van der Waals surface area contributed by atoms with Crippen LogP contribution in [-0.4, -0.2) is 13.7 Å². The summed E-state index contributed by atoms with van der Waals surface area (Å²) >= 11 is 0. The lowest BCUT2D eigenvalue weighted by molar-refractivity contribution is 0.321. The highest BCUT2D eigenvalue weighted by atomic mass is 16.5. The fourth-order valence-corrected chi connectivity index (χ4v) is 2.03. The predicted molar refractivity (Wildman–Crippen MR) is 82.7 cm³/mol. The zero-order valence-electron chi connectivity index (χ0n) is 12.4. The zero-order chi connectivity index (χ0) is 14.4. The average Bonchev–Trinajstić information content (AvgIpc) is 2.48. The molecule has 0 amide bonds. The minimum absolute atomic E-state index is 0.559. The van der Waals surface area contributed by atoms with Crippen LogP contribution in [0, 0.1) is 0 Å². The van der Waals surface area contributed by atoms with E-state index in [4.69, 9.17) is 9.47 Å². The molecule has 0 heterocycles. The minimum Gasteiger partial charge on any atom is -0.497 e. The van der Waals surface area contributed by atoms with Gasteiger partial charge >= 0.3 is 0 Å². The Morgan fingerprint density at radius 3 is 2.00 bits per heavy atom. The summed E-state index contributed by atoms with van der Waals surface area (Å²) < 4.78 is 10.9. The molecule has 2 rings (SSSR count). The number of methoxy groups -OCH3 is 1. The lowest BCUT2D eigenvalue weighted by atomic mass is 10.0. The maximum absolute atomic E-state index is 5.77. The molecule has 20 heavy (non-hydrogen) atoms. The van der Waals surface area contributed by atoms with Gasteiger partial charge in [0.2, 0.25) is 0 Å². The maximum Gasteiger partial charge on any atom is 0.119 e. The van der Waals surface area contributed by atoms with Crippen LogP contribution in [0.15, 0.2) is 48.5 Å². The Morgan fingerprint density at radius 2 is 1.45 bits per heavy atom. The predicted octanol–water partition coefficient (Wildman–Crippen LogP) is 4.44. The van der Waals surface area contributed by atoms with Crippen molar-refractivity contribution in [3.8, 4) is 11.5 Å². The van der Waals surface area contributed by atoms with E-state index in [-0.39, 0.29) is 0 Å². The summed E-state index contributed by atoms with van der Waals surface area (Å²) in [5, 5.41) is 0. The van der Waals surface area contributed by atoms with Gasteiger partial charge in [-0.05, 0) is 41.3 Å². The second-order valence-corrected chi connectivity index (χ2v) is 5.17. The van der Waals surface area contributed by atoms with Crippen molar-refractivity contribution in [3.63, 3.8) is 0 Å². The lowest BCUT2D eigenvalue weighted by Gasteiger charge is -2.09. The number of hydrogen-bond donors (Lipinski definition) is 0. The number of ether oxygens (including phenoxy) is 2. The van der Waals surface area contributed by atoms with Gasteiger partial charge in [-0.3, -0.25) is 0 Å². The monoisotopic (exact) mass is 270 g/mol. The van der Waals surface area contributed by atoms with Crippen molar-refractivity contribution < 1.29 is 9.47 Å². The van der Waals surface area contributed by atoms with Crippen LogP contribution in [0.5, 0.6) is 11.5 Å². The molecule has 2 heteroatoms. The van der Waals surface area contributed by atoms with Crippen LogP contribution >= 0.6 is 0 Å². The van der Waals surface area contributed by atoms with E-state index in [0.717, 1.165) is 17.9 Å². The van der Waals surface area contributed by atoms with Gasteiger partial charge < -0.3 is 9.47 Å². The molecule has 0 spiro atoms. The van der Waals surface area contributed by atoms with Crippen molar-refractivity contribution in [3.05, 3.63) is 59.7 Å². The molecule has 0 unspecified atom stereocenters. The van der Waals surface area contributed by atoms with Crippen LogP contribution in [0.3, 0.4) is 0 Å².